The summed E-state index contributed by atoms with van der Waals surface area (Å²) in [6, 6.07) is 2.63. The Balaban J connectivity index is 2.55. The van der Waals surface area contributed by atoms with E-state index in [1.54, 1.807) is 12.2 Å². The van der Waals surface area contributed by atoms with Gasteiger partial charge in [0.15, 0.2) is 0 Å². The van der Waals surface area contributed by atoms with E-state index in [0.717, 1.165) is 0 Å². The van der Waals surface area contributed by atoms with Gasteiger partial charge < -0.3 is 5.32 Å². The second-order valence-corrected chi connectivity index (χ2v) is 2.74. The summed E-state index contributed by atoms with van der Waals surface area (Å²) < 4.78 is 12.4. The highest BCUT2D eigenvalue weighted by molar-refractivity contribution is 5.99. The van der Waals surface area contributed by atoms with E-state index in [9.17, 15) is 9.18 Å². The zero-order valence-electron chi connectivity index (χ0n) is 8.27. The van der Waals surface area contributed by atoms with Crippen molar-refractivity contribution in [3.8, 4) is 0 Å². The Labute approximate surface area is 87.3 Å². The number of halogens is 1. The van der Waals surface area contributed by atoms with Crippen LogP contribution in [-0.2, 0) is 4.79 Å². The second-order valence-electron chi connectivity index (χ2n) is 2.74. The molecule has 0 saturated carbocycles. The third kappa shape index (κ3) is 4.17. The molecule has 0 aliphatic heterocycles. The van der Waals surface area contributed by atoms with Gasteiger partial charge in [0.25, 0.3) is 0 Å². The fourth-order valence-corrected chi connectivity index (χ4v) is 0.888. The Morgan fingerprint density at radius 1 is 1.47 bits per heavy atom. The molecule has 0 radical (unpaired) electrons. The van der Waals surface area contributed by atoms with Crippen molar-refractivity contribution in [3.05, 3.63) is 48.6 Å². The van der Waals surface area contributed by atoms with E-state index in [2.05, 4.69) is 10.3 Å². The molecule has 0 aromatic carbocycles. The molecule has 0 saturated heterocycles. The summed E-state index contributed by atoms with van der Waals surface area (Å²) in [6.07, 6.45) is 7.80. The molecule has 78 valence electrons. The molecule has 1 rings (SSSR count). The second kappa shape index (κ2) is 5.70. The number of carbonyl (C=O) groups is 1. The summed E-state index contributed by atoms with van der Waals surface area (Å²) in [4.78, 5) is 14.6. The van der Waals surface area contributed by atoms with Gasteiger partial charge in [-0.3, -0.25) is 4.79 Å². The van der Waals surface area contributed by atoms with E-state index in [1.165, 1.54) is 24.4 Å². The number of allylic oxidation sites excluding steroid dienone is 3. The molecule has 0 unspecified atom stereocenters. The minimum absolute atomic E-state index is 0.276. The predicted molar refractivity (Wildman–Crippen MR) is 56.8 cm³/mol. The van der Waals surface area contributed by atoms with Crippen molar-refractivity contribution >= 4 is 11.6 Å². The number of hydrogen-bond acceptors (Lipinski definition) is 2. The highest BCUT2D eigenvalue weighted by Crippen LogP contribution is 2.04. The molecule has 1 amide bonds. The van der Waals surface area contributed by atoms with Gasteiger partial charge in [0.1, 0.15) is 0 Å². The van der Waals surface area contributed by atoms with E-state index in [-0.39, 0.29) is 5.91 Å². The van der Waals surface area contributed by atoms with Crippen molar-refractivity contribution in [1.29, 1.82) is 0 Å². The first kappa shape index (κ1) is 11.1. The largest absolute Gasteiger partial charge is 0.321 e. The first-order valence-corrected chi connectivity index (χ1v) is 4.44. The van der Waals surface area contributed by atoms with Crippen molar-refractivity contribution in [2.75, 3.05) is 5.32 Å². The number of anilines is 1. The first-order chi connectivity index (χ1) is 7.22. The van der Waals surface area contributed by atoms with E-state index in [1.807, 2.05) is 13.0 Å². The maximum absolute atomic E-state index is 12.4. The SMILES string of the molecule is CC=CC=CC(=O)Nc1ccc(F)nc1. The van der Waals surface area contributed by atoms with Gasteiger partial charge in [0.05, 0.1) is 11.9 Å². The molecule has 1 aromatic heterocycles. The van der Waals surface area contributed by atoms with Crippen molar-refractivity contribution in [2.45, 2.75) is 6.92 Å². The van der Waals surface area contributed by atoms with E-state index < -0.39 is 5.95 Å². The van der Waals surface area contributed by atoms with Crippen molar-refractivity contribution in [1.82, 2.24) is 4.98 Å². The summed E-state index contributed by atoms with van der Waals surface area (Å²) in [6.45, 7) is 1.85. The third-order valence-electron chi connectivity index (χ3n) is 1.55. The molecule has 15 heavy (non-hydrogen) atoms. The van der Waals surface area contributed by atoms with Crippen molar-refractivity contribution < 1.29 is 9.18 Å². The van der Waals surface area contributed by atoms with Crippen LogP contribution in [0.15, 0.2) is 42.6 Å². The van der Waals surface area contributed by atoms with Crippen LogP contribution < -0.4 is 5.32 Å². The average molecular weight is 206 g/mol. The highest BCUT2D eigenvalue weighted by atomic mass is 19.1. The van der Waals surface area contributed by atoms with Crippen LogP contribution in [0.1, 0.15) is 6.92 Å². The van der Waals surface area contributed by atoms with Gasteiger partial charge in [0, 0.05) is 6.08 Å². The Hall–Kier alpha value is -1.97. The Kier molecular flexibility index (Phi) is 4.22. The Bertz CT molecular complexity index is 382. The molecule has 0 fully saturated rings. The van der Waals surface area contributed by atoms with Crippen LogP contribution in [0.25, 0.3) is 0 Å². The smallest absolute Gasteiger partial charge is 0.248 e. The Morgan fingerprint density at radius 3 is 2.87 bits per heavy atom. The average Bonchev–Trinajstić information content (AvgIpc) is 2.22. The minimum Gasteiger partial charge on any atom is -0.321 e. The molecular weight excluding hydrogens is 195 g/mol. The summed E-state index contributed by atoms with van der Waals surface area (Å²) in [5.74, 6) is -0.848. The number of nitrogens with zero attached hydrogens (tertiary/aromatic N) is 1. The van der Waals surface area contributed by atoms with Gasteiger partial charge in [-0.15, -0.1) is 0 Å². The van der Waals surface area contributed by atoms with Gasteiger partial charge in [-0.2, -0.15) is 4.39 Å². The van der Waals surface area contributed by atoms with Gasteiger partial charge >= 0.3 is 0 Å². The van der Waals surface area contributed by atoms with E-state index in [0.29, 0.717) is 5.69 Å². The fraction of sp³-hybridized carbons (Fsp3) is 0.0909. The van der Waals surface area contributed by atoms with Crippen molar-refractivity contribution in [2.24, 2.45) is 0 Å². The molecular formula is C11H11FN2O. The first-order valence-electron chi connectivity index (χ1n) is 4.44. The molecule has 0 bridgehead atoms. The van der Waals surface area contributed by atoms with E-state index in [4.69, 9.17) is 0 Å². The van der Waals surface area contributed by atoms with Crippen LogP contribution in [0.2, 0.25) is 0 Å². The van der Waals surface area contributed by atoms with Crippen LogP contribution in [0.3, 0.4) is 0 Å². The maximum Gasteiger partial charge on any atom is 0.248 e. The number of carbonyl (C=O) groups excluding carboxylic acids is 1. The van der Waals surface area contributed by atoms with Crippen LogP contribution in [0.5, 0.6) is 0 Å². The van der Waals surface area contributed by atoms with Gasteiger partial charge in [-0.1, -0.05) is 18.2 Å². The number of pyridine rings is 1. The van der Waals surface area contributed by atoms with Gasteiger partial charge in [0.2, 0.25) is 11.9 Å². The molecule has 0 atom stereocenters. The fourth-order valence-electron chi connectivity index (χ4n) is 0.888. The normalized spacial score (nSPS) is 11.1. The van der Waals surface area contributed by atoms with E-state index >= 15 is 0 Å². The lowest BCUT2D eigenvalue weighted by Gasteiger charge is -1.99. The minimum atomic E-state index is -0.572. The Morgan fingerprint density at radius 2 is 2.27 bits per heavy atom. The van der Waals surface area contributed by atoms with Crippen LogP contribution in [0, 0.1) is 5.95 Å². The lowest BCUT2D eigenvalue weighted by molar-refractivity contribution is -0.111. The van der Waals surface area contributed by atoms with Crippen LogP contribution >= 0.6 is 0 Å². The molecule has 1 heterocycles. The van der Waals surface area contributed by atoms with Crippen LogP contribution in [0.4, 0.5) is 10.1 Å². The standard InChI is InChI=1S/C11H11FN2O/c1-2-3-4-5-11(15)14-9-6-7-10(12)13-8-9/h2-8H,1H3,(H,14,15). The molecule has 1 N–H and O–H groups in total. The number of hydrogen-bond donors (Lipinski definition) is 1. The summed E-state index contributed by atoms with van der Waals surface area (Å²) in [5.41, 5.74) is 0.464. The number of aromatic nitrogens is 1. The highest BCUT2D eigenvalue weighted by Gasteiger charge is 1.97. The van der Waals surface area contributed by atoms with Gasteiger partial charge in [-0.05, 0) is 19.1 Å². The molecule has 0 spiro atoms. The van der Waals surface area contributed by atoms with Gasteiger partial charge in [-0.25, -0.2) is 4.98 Å². The van der Waals surface area contributed by atoms with Crippen LogP contribution in [-0.4, -0.2) is 10.9 Å². The molecule has 1 aromatic rings. The zero-order chi connectivity index (χ0) is 11.1. The summed E-state index contributed by atoms with van der Waals surface area (Å²) in [5, 5.41) is 2.54. The quantitative estimate of drug-likeness (QED) is 0.468. The van der Waals surface area contributed by atoms with Crippen molar-refractivity contribution in [3.63, 3.8) is 0 Å². The third-order valence-corrected chi connectivity index (χ3v) is 1.55. The predicted octanol–water partition coefficient (Wildman–Crippen LogP) is 2.29. The molecule has 0 aliphatic rings. The maximum atomic E-state index is 12.4. The topological polar surface area (TPSA) is 42.0 Å². The monoisotopic (exact) mass is 206 g/mol. The summed E-state index contributed by atoms with van der Waals surface area (Å²) in [7, 11) is 0. The number of amides is 1. The molecule has 4 heteroatoms. The zero-order valence-corrected chi connectivity index (χ0v) is 8.27. The number of nitrogens with one attached hydrogen (secondary N) is 1. The number of rotatable bonds is 3. The molecule has 0 aliphatic carbocycles. The lowest BCUT2D eigenvalue weighted by atomic mass is 10.4. The lowest BCUT2D eigenvalue weighted by Crippen LogP contribution is -2.07. The summed E-state index contributed by atoms with van der Waals surface area (Å²) >= 11 is 0. The molecule has 3 nitrogen and oxygen atoms in total.